The topological polar surface area (TPSA) is 172 Å². The fourth-order valence-corrected chi connectivity index (χ4v) is 5.15. The molecule has 46 heavy (non-hydrogen) atoms. The van der Waals surface area contributed by atoms with Gasteiger partial charge in [-0.25, -0.2) is 4.68 Å². The van der Waals surface area contributed by atoms with Crippen molar-refractivity contribution in [2.45, 2.75) is 45.1 Å². The van der Waals surface area contributed by atoms with E-state index in [1.807, 2.05) is 19.1 Å². The fraction of sp³-hybridized carbons (Fsp3) is 0.267. The van der Waals surface area contributed by atoms with Crippen LogP contribution in [0.3, 0.4) is 0 Å². The molecule has 0 bridgehead atoms. The number of nitro groups is 1. The van der Waals surface area contributed by atoms with Gasteiger partial charge in [-0.1, -0.05) is 29.8 Å². The molecule has 1 N–H and O–H groups in total. The number of rotatable bonds is 13. The second kappa shape index (κ2) is 15.3. The van der Waals surface area contributed by atoms with E-state index in [2.05, 4.69) is 20.8 Å². The molecule has 0 saturated carbocycles. The summed E-state index contributed by atoms with van der Waals surface area (Å²) in [6.45, 7) is 5.08. The summed E-state index contributed by atoms with van der Waals surface area (Å²) in [5, 5.41) is 25.9. The van der Waals surface area contributed by atoms with E-state index >= 15 is 0 Å². The van der Waals surface area contributed by atoms with E-state index in [0.717, 1.165) is 22.9 Å². The van der Waals surface area contributed by atoms with Gasteiger partial charge in [-0.3, -0.25) is 24.5 Å². The lowest BCUT2D eigenvalue weighted by molar-refractivity contribution is -0.385. The molecule has 16 heteroatoms. The minimum Gasteiger partial charge on any atom is -0.497 e. The summed E-state index contributed by atoms with van der Waals surface area (Å²) in [7, 11) is 1.57. The van der Waals surface area contributed by atoms with Crippen LogP contribution in [0.4, 0.5) is 16.2 Å². The summed E-state index contributed by atoms with van der Waals surface area (Å²) in [6, 6.07) is 16.0. The maximum atomic E-state index is 13.4. The first-order valence-corrected chi connectivity index (χ1v) is 15.1. The number of amides is 2. The van der Waals surface area contributed by atoms with Crippen molar-refractivity contribution >= 4 is 51.7 Å². The molecule has 1 unspecified atom stereocenters. The van der Waals surface area contributed by atoms with E-state index in [4.69, 9.17) is 21.1 Å². The van der Waals surface area contributed by atoms with Crippen molar-refractivity contribution in [3.05, 3.63) is 92.5 Å². The van der Waals surface area contributed by atoms with Crippen molar-refractivity contribution in [1.82, 2.24) is 25.1 Å². The number of Topliss-reactive ketones (excluding diaryl/α,β-unsaturated/α-hetero) is 1. The number of carbonyl (C=O) groups excluding carboxylic acids is 3. The highest BCUT2D eigenvalue weighted by atomic mass is 35.5. The Morgan fingerprint density at radius 3 is 2.52 bits per heavy atom. The molecule has 1 aromatic heterocycles. The standard InChI is InChI=1S/C30H30ClN7O7S/c1-5-36(30(41)46-29-33-34-35-37(29)16-20-7-10-23(44-4)11-8-20)17-21-15-22(38(42)43)9-13-26(21)45-27(19(3)39)28(40)32-25-14-18(2)6-12-24(25)31/h6-15,27H,5,16-17H2,1-4H3,(H,32,40). The van der Waals surface area contributed by atoms with Crippen LogP contribution in [0.25, 0.3) is 0 Å². The lowest BCUT2D eigenvalue weighted by Gasteiger charge is -2.23. The quantitative estimate of drug-likeness (QED) is 0.0848. The Kier molecular flexibility index (Phi) is 11.3. The zero-order valence-electron chi connectivity index (χ0n) is 25.3. The number of ether oxygens (including phenoxy) is 2. The number of ketones is 1. The number of aryl methyl sites for hydroxylation is 1. The number of hydrogen-bond donors (Lipinski definition) is 1. The number of aromatic nitrogens is 4. The highest BCUT2D eigenvalue weighted by Crippen LogP contribution is 2.30. The van der Waals surface area contributed by atoms with Gasteiger partial charge in [0.25, 0.3) is 16.8 Å². The molecule has 14 nitrogen and oxygen atoms in total. The first kappa shape index (κ1) is 33.9. The smallest absolute Gasteiger partial charge is 0.289 e. The van der Waals surface area contributed by atoms with Gasteiger partial charge in [0, 0.05) is 36.0 Å². The first-order chi connectivity index (χ1) is 22.0. The summed E-state index contributed by atoms with van der Waals surface area (Å²) in [5.41, 5.74) is 1.93. The highest BCUT2D eigenvalue weighted by Gasteiger charge is 2.29. The number of hydrogen-bond acceptors (Lipinski definition) is 11. The monoisotopic (exact) mass is 667 g/mol. The Bertz CT molecular complexity index is 1750. The van der Waals surface area contributed by atoms with Crippen LogP contribution < -0.4 is 14.8 Å². The van der Waals surface area contributed by atoms with E-state index in [9.17, 15) is 24.5 Å². The normalized spacial score (nSPS) is 11.4. The number of nitro benzene ring substituents is 1. The Hall–Kier alpha value is -5.02. The molecule has 2 amide bonds. The molecule has 0 saturated heterocycles. The maximum Gasteiger partial charge on any atom is 0.289 e. The van der Waals surface area contributed by atoms with E-state index in [-0.39, 0.29) is 40.3 Å². The van der Waals surface area contributed by atoms with E-state index in [1.54, 1.807) is 44.4 Å². The van der Waals surface area contributed by atoms with Crippen molar-refractivity contribution in [2.24, 2.45) is 0 Å². The minimum absolute atomic E-state index is 0.0110. The molecule has 4 rings (SSSR count). The minimum atomic E-state index is -1.61. The predicted octanol–water partition coefficient (Wildman–Crippen LogP) is 5.31. The third-order valence-corrected chi connectivity index (χ3v) is 7.89. The number of thioether (sulfide) groups is 1. The van der Waals surface area contributed by atoms with Crippen LogP contribution in [0, 0.1) is 17.0 Å². The van der Waals surface area contributed by atoms with Crippen LogP contribution in [-0.4, -0.2) is 66.7 Å². The Morgan fingerprint density at radius 2 is 1.87 bits per heavy atom. The SMILES string of the molecule is CCN(Cc1cc([N+](=O)[O-])ccc1OC(C(C)=O)C(=O)Nc1cc(C)ccc1Cl)C(=O)Sc1nnnn1Cc1ccc(OC)cc1. The molecular weight excluding hydrogens is 638 g/mol. The molecular formula is C30H30ClN7O7S. The van der Waals surface area contributed by atoms with Gasteiger partial charge >= 0.3 is 0 Å². The summed E-state index contributed by atoms with van der Waals surface area (Å²) in [4.78, 5) is 51.5. The third-order valence-electron chi connectivity index (χ3n) is 6.66. The van der Waals surface area contributed by atoms with Gasteiger partial charge in [0.15, 0.2) is 5.78 Å². The van der Waals surface area contributed by atoms with Crippen molar-refractivity contribution in [3.63, 3.8) is 0 Å². The first-order valence-electron chi connectivity index (χ1n) is 13.9. The molecule has 240 valence electrons. The van der Waals surface area contributed by atoms with Gasteiger partial charge in [-0.2, -0.15) is 0 Å². The largest absolute Gasteiger partial charge is 0.497 e. The van der Waals surface area contributed by atoms with Crippen molar-refractivity contribution in [2.75, 3.05) is 19.0 Å². The molecule has 0 aliphatic carbocycles. The number of methoxy groups -OCH3 is 1. The van der Waals surface area contributed by atoms with Crippen molar-refractivity contribution in [1.29, 1.82) is 0 Å². The Morgan fingerprint density at radius 1 is 1.13 bits per heavy atom. The second-order valence-electron chi connectivity index (χ2n) is 9.98. The molecule has 1 heterocycles. The number of anilines is 1. The zero-order valence-corrected chi connectivity index (χ0v) is 26.9. The summed E-state index contributed by atoms with van der Waals surface area (Å²) < 4.78 is 12.5. The van der Waals surface area contributed by atoms with Crippen LogP contribution in [0.1, 0.15) is 30.5 Å². The van der Waals surface area contributed by atoms with Gasteiger partial charge in [-0.05, 0) is 72.7 Å². The van der Waals surface area contributed by atoms with E-state index < -0.39 is 28.0 Å². The molecule has 0 radical (unpaired) electrons. The number of halogens is 1. The van der Waals surface area contributed by atoms with E-state index in [1.165, 1.54) is 34.7 Å². The number of nitrogens with zero attached hydrogens (tertiary/aromatic N) is 6. The Labute approximate surface area is 273 Å². The van der Waals surface area contributed by atoms with E-state index in [0.29, 0.717) is 18.0 Å². The average Bonchev–Trinajstić information content (AvgIpc) is 3.46. The van der Waals surface area contributed by atoms with Crippen LogP contribution >= 0.6 is 23.4 Å². The van der Waals surface area contributed by atoms with Gasteiger partial charge in [0.2, 0.25) is 11.3 Å². The van der Waals surface area contributed by atoms with Crippen LogP contribution in [0.2, 0.25) is 5.02 Å². The number of tetrazole rings is 1. The van der Waals surface area contributed by atoms with Crippen LogP contribution in [-0.2, 0) is 22.7 Å². The maximum absolute atomic E-state index is 13.4. The summed E-state index contributed by atoms with van der Waals surface area (Å²) >= 11 is 6.99. The number of benzene rings is 3. The third kappa shape index (κ3) is 8.57. The lowest BCUT2D eigenvalue weighted by atomic mass is 10.1. The number of nitrogens with one attached hydrogen (secondary N) is 1. The predicted molar refractivity (Wildman–Crippen MR) is 170 cm³/mol. The molecule has 0 fully saturated rings. The molecule has 4 aromatic rings. The zero-order chi connectivity index (χ0) is 33.4. The fourth-order valence-electron chi connectivity index (χ4n) is 4.23. The van der Waals surface area contributed by atoms with Gasteiger partial charge in [0.1, 0.15) is 11.5 Å². The molecule has 0 aliphatic heterocycles. The lowest BCUT2D eigenvalue weighted by Crippen LogP contribution is -2.39. The van der Waals surface area contributed by atoms with Crippen LogP contribution in [0.15, 0.2) is 65.8 Å². The van der Waals surface area contributed by atoms with Gasteiger partial charge in [0.05, 0.1) is 35.8 Å². The van der Waals surface area contributed by atoms with Crippen molar-refractivity contribution < 1.29 is 28.8 Å². The number of carbonyl (C=O) groups is 3. The van der Waals surface area contributed by atoms with Gasteiger partial charge < -0.3 is 19.7 Å². The highest BCUT2D eigenvalue weighted by molar-refractivity contribution is 8.13. The van der Waals surface area contributed by atoms with Crippen LogP contribution in [0.5, 0.6) is 11.5 Å². The molecule has 3 aromatic carbocycles. The van der Waals surface area contributed by atoms with Crippen molar-refractivity contribution in [3.8, 4) is 11.5 Å². The summed E-state index contributed by atoms with van der Waals surface area (Å²) in [6.07, 6.45) is -1.61. The molecule has 0 spiro atoms. The number of non-ortho nitro benzene ring substituents is 1. The molecule has 0 aliphatic rings. The molecule has 1 atom stereocenters. The summed E-state index contributed by atoms with van der Waals surface area (Å²) in [5.74, 6) is -0.698. The second-order valence-corrected chi connectivity index (χ2v) is 11.3. The average molecular weight is 668 g/mol. The Balaban J connectivity index is 1.54. The van der Waals surface area contributed by atoms with Gasteiger partial charge in [-0.15, -0.1) is 5.10 Å².